The monoisotopic (exact) mass is 98.1 g/mol. The molecule has 2 rings (SSSR count). The van der Waals surface area contributed by atoms with Gasteiger partial charge in [-0.1, -0.05) is 0 Å². The zero-order valence-corrected chi connectivity index (χ0v) is 4.56. The van der Waals surface area contributed by atoms with E-state index in [0.717, 1.165) is 12.1 Å². The van der Waals surface area contributed by atoms with Crippen molar-refractivity contribution in [1.29, 1.82) is 0 Å². The first kappa shape index (κ1) is 3.90. The van der Waals surface area contributed by atoms with Gasteiger partial charge in [0.05, 0.1) is 12.1 Å². The average molecular weight is 98.2 g/mol. The minimum absolute atomic E-state index is 1.06. The van der Waals surface area contributed by atoms with Crippen LogP contribution in [0.4, 0.5) is 0 Å². The van der Waals surface area contributed by atoms with Crippen LogP contribution >= 0.6 is 0 Å². The molecule has 0 radical (unpaired) electrons. The van der Waals surface area contributed by atoms with Crippen LogP contribution in [-0.2, 0) is 0 Å². The van der Waals surface area contributed by atoms with Crippen molar-refractivity contribution in [3.05, 3.63) is 0 Å². The highest BCUT2D eigenvalue weighted by molar-refractivity contribution is 4.76. The molecule has 0 aromatic carbocycles. The van der Waals surface area contributed by atoms with Gasteiger partial charge >= 0.3 is 0 Å². The van der Waals surface area contributed by atoms with Gasteiger partial charge in [0.2, 0.25) is 0 Å². The third kappa shape index (κ3) is 0.942. The van der Waals surface area contributed by atoms with Crippen LogP contribution in [0, 0.1) is 0 Å². The standard InChI is InChI=1S/C6H11N/c1-2-5(1)7-6-3-4-6/h5-7H,1-4H2/p+1. The summed E-state index contributed by atoms with van der Waals surface area (Å²) in [5.74, 6) is 0. The minimum atomic E-state index is 1.06. The largest absolute Gasteiger partial charge is 0.341 e. The SMILES string of the molecule is C1CC1[NH2+]C1CC1. The molecule has 2 aliphatic rings. The van der Waals surface area contributed by atoms with Gasteiger partial charge in [0.15, 0.2) is 0 Å². The Kier molecular flexibility index (Phi) is 0.680. The second-order valence-corrected chi connectivity index (χ2v) is 2.87. The fraction of sp³-hybridized carbons (Fsp3) is 1.00. The van der Waals surface area contributed by atoms with E-state index in [9.17, 15) is 0 Å². The lowest BCUT2D eigenvalue weighted by Crippen LogP contribution is -2.87. The summed E-state index contributed by atoms with van der Waals surface area (Å²) in [4.78, 5) is 0. The van der Waals surface area contributed by atoms with Crippen LogP contribution < -0.4 is 5.32 Å². The molecule has 40 valence electrons. The van der Waals surface area contributed by atoms with E-state index in [1.54, 1.807) is 0 Å². The van der Waals surface area contributed by atoms with Crippen LogP contribution in [0.15, 0.2) is 0 Å². The van der Waals surface area contributed by atoms with Gasteiger partial charge < -0.3 is 5.32 Å². The van der Waals surface area contributed by atoms with Crippen LogP contribution in [0.3, 0.4) is 0 Å². The van der Waals surface area contributed by atoms with Gasteiger partial charge in [0, 0.05) is 25.7 Å². The molecular weight excluding hydrogens is 86.1 g/mol. The first-order valence-corrected chi connectivity index (χ1v) is 3.30. The Morgan fingerprint density at radius 1 is 0.857 bits per heavy atom. The first-order chi connectivity index (χ1) is 3.45. The molecule has 0 bridgehead atoms. The van der Waals surface area contributed by atoms with Crippen molar-refractivity contribution in [2.45, 2.75) is 37.8 Å². The lowest BCUT2D eigenvalue weighted by Gasteiger charge is -1.89. The maximum absolute atomic E-state index is 2.56. The van der Waals surface area contributed by atoms with E-state index >= 15 is 0 Å². The van der Waals surface area contributed by atoms with Crippen LogP contribution in [0.2, 0.25) is 0 Å². The van der Waals surface area contributed by atoms with E-state index in [2.05, 4.69) is 5.32 Å². The number of hydrogen-bond donors (Lipinski definition) is 1. The predicted molar refractivity (Wildman–Crippen MR) is 28.0 cm³/mol. The zero-order chi connectivity index (χ0) is 4.69. The van der Waals surface area contributed by atoms with Gasteiger partial charge in [0.1, 0.15) is 0 Å². The highest BCUT2D eigenvalue weighted by Crippen LogP contribution is 2.19. The predicted octanol–water partition coefficient (Wildman–Crippen LogP) is -0.125. The second kappa shape index (κ2) is 1.22. The average Bonchev–Trinajstić information content (AvgIpc) is 2.33. The van der Waals surface area contributed by atoms with E-state index in [-0.39, 0.29) is 0 Å². The van der Waals surface area contributed by atoms with E-state index < -0.39 is 0 Å². The molecule has 0 spiro atoms. The molecule has 1 nitrogen and oxygen atoms in total. The lowest BCUT2D eigenvalue weighted by molar-refractivity contribution is -0.681. The molecule has 0 amide bonds. The summed E-state index contributed by atoms with van der Waals surface area (Å²) in [7, 11) is 0. The third-order valence-corrected chi connectivity index (χ3v) is 1.79. The molecule has 0 aromatic heterocycles. The van der Waals surface area contributed by atoms with Gasteiger partial charge in [-0.05, 0) is 0 Å². The van der Waals surface area contributed by atoms with Gasteiger partial charge in [-0.3, -0.25) is 0 Å². The summed E-state index contributed by atoms with van der Waals surface area (Å²) >= 11 is 0. The molecule has 1 heteroatoms. The van der Waals surface area contributed by atoms with Crippen LogP contribution in [0.1, 0.15) is 25.7 Å². The molecule has 2 saturated carbocycles. The number of hydrogen-bond acceptors (Lipinski definition) is 0. The molecule has 0 aromatic rings. The van der Waals surface area contributed by atoms with E-state index in [1.165, 1.54) is 25.7 Å². The van der Waals surface area contributed by atoms with Gasteiger partial charge in [0.25, 0.3) is 0 Å². The Balaban J connectivity index is 1.69. The van der Waals surface area contributed by atoms with Crippen molar-refractivity contribution >= 4 is 0 Å². The van der Waals surface area contributed by atoms with Gasteiger partial charge in [-0.15, -0.1) is 0 Å². The number of nitrogens with two attached hydrogens (primary N) is 1. The smallest absolute Gasteiger partial charge is 0.0865 e. The number of rotatable bonds is 2. The molecule has 0 aliphatic heterocycles. The normalized spacial score (nSPS) is 30.9. The Bertz CT molecular complexity index is 62.2. The van der Waals surface area contributed by atoms with E-state index in [4.69, 9.17) is 0 Å². The molecule has 2 N–H and O–H groups in total. The molecule has 2 fully saturated rings. The molecule has 0 heterocycles. The maximum atomic E-state index is 2.56. The highest BCUT2D eigenvalue weighted by Gasteiger charge is 2.34. The minimum Gasteiger partial charge on any atom is -0.341 e. The summed E-state index contributed by atoms with van der Waals surface area (Å²) in [5, 5.41) is 2.56. The Morgan fingerprint density at radius 2 is 1.29 bits per heavy atom. The zero-order valence-electron chi connectivity index (χ0n) is 4.56. The number of quaternary nitrogens is 1. The summed E-state index contributed by atoms with van der Waals surface area (Å²) in [6.45, 7) is 0. The van der Waals surface area contributed by atoms with Crippen molar-refractivity contribution in [2.24, 2.45) is 0 Å². The summed E-state index contributed by atoms with van der Waals surface area (Å²) in [6, 6.07) is 2.12. The topological polar surface area (TPSA) is 16.6 Å². The van der Waals surface area contributed by atoms with Crippen molar-refractivity contribution < 1.29 is 5.32 Å². The Hall–Kier alpha value is -0.0400. The van der Waals surface area contributed by atoms with Crippen LogP contribution in [0.25, 0.3) is 0 Å². The summed E-state index contributed by atoms with van der Waals surface area (Å²) < 4.78 is 0. The molecule has 2 aliphatic carbocycles. The van der Waals surface area contributed by atoms with Crippen molar-refractivity contribution in [3.8, 4) is 0 Å². The fourth-order valence-electron chi connectivity index (χ4n) is 0.962. The first-order valence-electron chi connectivity index (χ1n) is 3.30. The van der Waals surface area contributed by atoms with Crippen LogP contribution in [-0.4, -0.2) is 12.1 Å². The lowest BCUT2D eigenvalue weighted by atomic mass is 10.6. The second-order valence-electron chi connectivity index (χ2n) is 2.87. The van der Waals surface area contributed by atoms with Gasteiger partial charge in [-0.25, -0.2) is 0 Å². The quantitative estimate of drug-likeness (QED) is 0.495. The van der Waals surface area contributed by atoms with Crippen molar-refractivity contribution in [2.75, 3.05) is 0 Å². The van der Waals surface area contributed by atoms with Crippen LogP contribution in [0.5, 0.6) is 0 Å². The van der Waals surface area contributed by atoms with E-state index in [1.807, 2.05) is 0 Å². The molecule has 7 heavy (non-hydrogen) atoms. The maximum Gasteiger partial charge on any atom is 0.0865 e. The Labute approximate surface area is 44.1 Å². The summed E-state index contributed by atoms with van der Waals surface area (Å²) in [5.41, 5.74) is 0. The van der Waals surface area contributed by atoms with Crippen molar-refractivity contribution in [1.82, 2.24) is 0 Å². The molecule has 0 atom stereocenters. The van der Waals surface area contributed by atoms with E-state index in [0.29, 0.717) is 0 Å². The van der Waals surface area contributed by atoms with Gasteiger partial charge in [-0.2, -0.15) is 0 Å². The fourth-order valence-corrected chi connectivity index (χ4v) is 0.962. The molecular formula is C6H12N+. The van der Waals surface area contributed by atoms with Crippen molar-refractivity contribution in [3.63, 3.8) is 0 Å². The summed E-state index contributed by atoms with van der Waals surface area (Å²) in [6.07, 6.45) is 5.99. The third-order valence-electron chi connectivity index (χ3n) is 1.79. The molecule has 0 unspecified atom stereocenters. The highest BCUT2D eigenvalue weighted by atomic mass is 15.0. The Morgan fingerprint density at radius 3 is 1.57 bits per heavy atom. The molecule has 0 saturated heterocycles.